The van der Waals surface area contributed by atoms with Gasteiger partial charge in [-0.3, -0.25) is 4.79 Å². The number of piperazine rings is 1. The zero-order valence-corrected chi connectivity index (χ0v) is 18.7. The van der Waals surface area contributed by atoms with E-state index in [1.54, 1.807) is 25.3 Å². The summed E-state index contributed by atoms with van der Waals surface area (Å²) in [5.74, 6) is 0.743. The van der Waals surface area contributed by atoms with E-state index in [4.69, 9.17) is 4.74 Å². The van der Waals surface area contributed by atoms with E-state index in [1.165, 1.54) is 11.3 Å². The first-order valence-corrected chi connectivity index (χ1v) is 12.6. The molecule has 3 aromatic rings. The van der Waals surface area contributed by atoms with Crippen LogP contribution in [0.2, 0.25) is 0 Å². The topological polar surface area (TPSA) is 66.9 Å². The summed E-state index contributed by atoms with van der Waals surface area (Å²) in [7, 11) is -1.71. The average molecular weight is 455 g/mol. The Kier molecular flexibility index (Phi) is 4.98. The molecule has 0 spiro atoms. The molecule has 0 N–H and O–H groups in total. The molecule has 6 nitrogen and oxygen atoms in total. The largest absolute Gasteiger partial charge is 0.495 e. The molecule has 0 atom stereocenters. The molecule has 0 unspecified atom stereocenters. The molecule has 2 aromatic carbocycles. The van der Waals surface area contributed by atoms with Crippen LogP contribution in [0.5, 0.6) is 5.75 Å². The van der Waals surface area contributed by atoms with Gasteiger partial charge in [0.1, 0.15) is 5.75 Å². The maximum atomic E-state index is 13.2. The summed E-state index contributed by atoms with van der Waals surface area (Å²) in [6.45, 7) is 2.64. The fourth-order valence-electron chi connectivity index (χ4n) is 4.27. The van der Waals surface area contributed by atoms with Gasteiger partial charge >= 0.3 is 0 Å². The predicted molar refractivity (Wildman–Crippen MR) is 122 cm³/mol. The summed E-state index contributed by atoms with van der Waals surface area (Å²) in [5, 5.41) is 0. The molecule has 2 aliphatic heterocycles. The van der Waals surface area contributed by atoms with Crippen molar-refractivity contribution in [1.29, 1.82) is 0 Å². The van der Waals surface area contributed by atoms with Crippen LogP contribution in [0.25, 0.3) is 10.4 Å². The highest BCUT2D eigenvalue weighted by Gasteiger charge is 2.32. The van der Waals surface area contributed by atoms with E-state index in [0.717, 1.165) is 21.9 Å². The quantitative estimate of drug-likeness (QED) is 0.604. The fraction of sp³-hybridized carbons (Fsp3) is 0.261. The zero-order valence-electron chi connectivity index (χ0n) is 17.1. The summed E-state index contributed by atoms with van der Waals surface area (Å²) in [6, 6.07) is 16.7. The molecule has 160 valence electrons. The number of rotatable bonds is 3. The van der Waals surface area contributed by atoms with Crippen molar-refractivity contribution in [3.63, 3.8) is 0 Å². The SMILES string of the molecule is COc1ccccc1N1CCN(C(=O)c2cc3c(s2)-c2ccccc2S(=O)(=O)C3)CC1. The lowest BCUT2D eigenvalue weighted by Crippen LogP contribution is -2.48. The minimum atomic E-state index is -3.37. The highest BCUT2D eigenvalue weighted by Crippen LogP contribution is 2.43. The van der Waals surface area contributed by atoms with E-state index < -0.39 is 9.84 Å². The van der Waals surface area contributed by atoms with Gasteiger partial charge in [-0.15, -0.1) is 11.3 Å². The van der Waals surface area contributed by atoms with E-state index in [0.29, 0.717) is 41.5 Å². The summed E-state index contributed by atoms with van der Waals surface area (Å²) in [6.07, 6.45) is 0. The first kappa shape index (κ1) is 20.1. The van der Waals surface area contributed by atoms with E-state index >= 15 is 0 Å². The van der Waals surface area contributed by atoms with Gasteiger partial charge in [-0.1, -0.05) is 30.3 Å². The normalized spacial score (nSPS) is 17.1. The third-order valence-corrected chi connectivity index (χ3v) is 8.74. The van der Waals surface area contributed by atoms with Crippen LogP contribution in [0, 0.1) is 0 Å². The molecule has 1 saturated heterocycles. The van der Waals surface area contributed by atoms with Gasteiger partial charge in [-0.25, -0.2) is 8.42 Å². The summed E-state index contributed by atoms with van der Waals surface area (Å²) in [4.78, 5) is 19.1. The van der Waals surface area contributed by atoms with Gasteiger partial charge in [0.2, 0.25) is 0 Å². The molecule has 5 rings (SSSR count). The Bertz CT molecular complexity index is 1260. The molecule has 0 saturated carbocycles. The number of ether oxygens (including phenoxy) is 1. The second-order valence-corrected chi connectivity index (χ2v) is 10.7. The Balaban J connectivity index is 1.36. The number of methoxy groups -OCH3 is 1. The van der Waals surface area contributed by atoms with Gasteiger partial charge in [-0.2, -0.15) is 0 Å². The molecule has 3 heterocycles. The van der Waals surface area contributed by atoms with Crippen molar-refractivity contribution in [3.8, 4) is 16.2 Å². The number of para-hydroxylation sites is 2. The minimum Gasteiger partial charge on any atom is -0.495 e. The first-order chi connectivity index (χ1) is 15.0. The Morgan fingerprint density at radius 1 is 1.00 bits per heavy atom. The Morgan fingerprint density at radius 2 is 1.71 bits per heavy atom. The van der Waals surface area contributed by atoms with Crippen LogP contribution >= 0.6 is 11.3 Å². The number of hydrogen-bond acceptors (Lipinski definition) is 6. The van der Waals surface area contributed by atoms with Crippen LogP contribution in [-0.4, -0.2) is 52.5 Å². The maximum absolute atomic E-state index is 13.2. The molecule has 0 bridgehead atoms. The van der Waals surface area contributed by atoms with Crippen LogP contribution in [0.1, 0.15) is 15.2 Å². The van der Waals surface area contributed by atoms with Crippen LogP contribution < -0.4 is 9.64 Å². The predicted octanol–water partition coefficient (Wildman–Crippen LogP) is 3.67. The van der Waals surface area contributed by atoms with E-state index in [-0.39, 0.29) is 11.7 Å². The van der Waals surface area contributed by atoms with Crippen molar-refractivity contribution >= 4 is 32.8 Å². The first-order valence-electron chi connectivity index (χ1n) is 10.1. The number of nitrogens with zero attached hydrogens (tertiary/aromatic N) is 2. The van der Waals surface area contributed by atoms with Crippen LogP contribution in [0.3, 0.4) is 0 Å². The number of amides is 1. The fourth-order valence-corrected chi connectivity index (χ4v) is 7.20. The molecule has 31 heavy (non-hydrogen) atoms. The zero-order chi connectivity index (χ0) is 21.6. The summed E-state index contributed by atoms with van der Waals surface area (Å²) < 4.78 is 30.7. The van der Waals surface area contributed by atoms with Gasteiger partial charge < -0.3 is 14.5 Å². The van der Waals surface area contributed by atoms with Crippen LogP contribution in [0.4, 0.5) is 5.69 Å². The van der Waals surface area contributed by atoms with Gasteiger partial charge in [0, 0.05) is 36.6 Å². The van der Waals surface area contributed by atoms with E-state index in [9.17, 15) is 13.2 Å². The lowest BCUT2D eigenvalue weighted by atomic mass is 10.1. The second kappa shape index (κ2) is 7.69. The number of fused-ring (bicyclic) bond motifs is 3. The Labute approximate surface area is 185 Å². The molecular formula is C23H22N2O4S2. The standard InChI is InChI=1S/C23H22N2O4S2/c1-29-19-8-4-3-7-18(19)24-10-12-25(13-11-24)23(26)20-14-16-15-31(27,28)21-9-5-2-6-17(21)22(16)30-20/h2-9,14H,10-13,15H2,1H3. The molecule has 1 amide bonds. The highest BCUT2D eigenvalue weighted by molar-refractivity contribution is 7.91. The van der Waals surface area contributed by atoms with Crippen molar-refractivity contribution in [2.24, 2.45) is 0 Å². The monoisotopic (exact) mass is 454 g/mol. The third kappa shape index (κ3) is 3.49. The Hall–Kier alpha value is -2.84. The number of carbonyl (C=O) groups excluding carboxylic acids is 1. The number of thiophene rings is 1. The number of hydrogen-bond donors (Lipinski definition) is 0. The van der Waals surface area contributed by atoms with Crippen LogP contribution in [-0.2, 0) is 15.6 Å². The molecule has 8 heteroatoms. The molecule has 0 aliphatic carbocycles. The van der Waals surface area contributed by atoms with Crippen molar-refractivity contribution in [2.45, 2.75) is 10.6 Å². The van der Waals surface area contributed by atoms with Gasteiger partial charge in [0.15, 0.2) is 9.84 Å². The van der Waals surface area contributed by atoms with Crippen molar-refractivity contribution < 1.29 is 17.9 Å². The Morgan fingerprint density at radius 3 is 2.48 bits per heavy atom. The molecule has 1 fully saturated rings. The lowest BCUT2D eigenvalue weighted by Gasteiger charge is -2.36. The van der Waals surface area contributed by atoms with Gasteiger partial charge in [0.05, 0.1) is 28.3 Å². The number of carbonyl (C=O) groups is 1. The molecule has 0 radical (unpaired) electrons. The molecule has 2 aliphatic rings. The molecule has 1 aromatic heterocycles. The van der Waals surface area contributed by atoms with Crippen molar-refractivity contribution in [1.82, 2.24) is 4.90 Å². The lowest BCUT2D eigenvalue weighted by molar-refractivity contribution is 0.0751. The smallest absolute Gasteiger partial charge is 0.264 e. The molecular weight excluding hydrogens is 432 g/mol. The highest BCUT2D eigenvalue weighted by atomic mass is 32.2. The van der Waals surface area contributed by atoms with Crippen molar-refractivity contribution in [3.05, 3.63) is 65.0 Å². The van der Waals surface area contributed by atoms with Gasteiger partial charge in [0.25, 0.3) is 5.91 Å². The minimum absolute atomic E-state index is 0.0334. The average Bonchev–Trinajstić information content (AvgIpc) is 3.22. The summed E-state index contributed by atoms with van der Waals surface area (Å²) >= 11 is 1.39. The maximum Gasteiger partial charge on any atom is 0.264 e. The number of sulfone groups is 1. The van der Waals surface area contributed by atoms with E-state index in [2.05, 4.69) is 4.90 Å². The number of anilines is 1. The van der Waals surface area contributed by atoms with Gasteiger partial charge in [-0.05, 0) is 29.8 Å². The van der Waals surface area contributed by atoms with Crippen molar-refractivity contribution in [2.75, 3.05) is 38.2 Å². The number of benzene rings is 2. The summed E-state index contributed by atoms with van der Waals surface area (Å²) in [5.41, 5.74) is 2.46. The van der Waals surface area contributed by atoms with E-state index in [1.807, 2.05) is 41.3 Å². The third-order valence-electron chi connectivity index (χ3n) is 5.82. The van der Waals surface area contributed by atoms with Crippen LogP contribution in [0.15, 0.2) is 59.5 Å². The second-order valence-electron chi connectivity index (χ2n) is 7.67.